The molecule has 0 aliphatic heterocycles. The van der Waals surface area contributed by atoms with Gasteiger partial charge >= 0.3 is 0 Å². The molecule has 0 unspecified atom stereocenters. The van der Waals surface area contributed by atoms with E-state index in [0.717, 1.165) is 12.5 Å². The Balaban J connectivity index is 2.30. The van der Waals surface area contributed by atoms with Gasteiger partial charge in [-0.15, -0.1) is 0 Å². The lowest BCUT2D eigenvalue weighted by molar-refractivity contribution is -0.0759. The van der Waals surface area contributed by atoms with Gasteiger partial charge in [0.2, 0.25) is 0 Å². The summed E-state index contributed by atoms with van der Waals surface area (Å²) < 4.78 is 11.1. The molecule has 2 bridgehead atoms. The lowest BCUT2D eigenvalue weighted by atomic mass is 9.69. The molecule has 0 saturated heterocycles. The van der Waals surface area contributed by atoms with Crippen molar-refractivity contribution >= 4 is 0 Å². The van der Waals surface area contributed by atoms with Gasteiger partial charge in [-0.3, -0.25) is 0 Å². The van der Waals surface area contributed by atoms with Gasteiger partial charge in [-0.25, -0.2) is 0 Å². The zero-order chi connectivity index (χ0) is 10.4. The molecule has 0 amide bonds. The molecule has 82 valence electrons. The molecule has 3 atom stereocenters. The summed E-state index contributed by atoms with van der Waals surface area (Å²) >= 11 is 0. The maximum Gasteiger partial charge on any atom is 0.0657 e. The van der Waals surface area contributed by atoms with E-state index in [0.29, 0.717) is 11.5 Å². The fourth-order valence-electron chi connectivity index (χ4n) is 3.92. The third kappa shape index (κ3) is 1.04. The Morgan fingerprint density at radius 3 is 2.50 bits per heavy atom. The summed E-state index contributed by atoms with van der Waals surface area (Å²) in [4.78, 5) is 0. The van der Waals surface area contributed by atoms with Crippen LogP contribution in [-0.2, 0) is 9.47 Å². The van der Waals surface area contributed by atoms with Crippen molar-refractivity contribution in [3.8, 4) is 0 Å². The molecule has 2 nitrogen and oxygen atoms in total. The SMILES string of the molecule is COC[C@]12CC[C@H](C[C@H]1OC)C2(C)C. The van der Waals surface area contributed by atoms with E-state index in [-0.39, 0.29) is 5.41 Å². The van der Waals surface area contributed by atoms with Gasteiger partial charge in [-0.2, -0.15) is 0 Å². The molecule has 0 aromatic carbocycles. The van der Waals surface area contributed by atoms with Gasteiger partial charge in [0.15, 0.2) is 0 Å². The first-order chi connectivity index (χ1) is 6.58. The molecule has 2 saturated carbocycles. The molecular weight excluding hydrogens is 176 g/mol. The highest BCUT2D eigenvalue weighted by Crippen LogP contribution is 2.66. The minimum atomic E-state index is 0.279. The largest absolute Gasteiger partial charge is 0.384 e. The second kappa shape index (κ2) is 3.21. The predicted octanol–water partition coefficient (Wildman–Crippen LogP) is 2.47. The Hall–Kier alpha value is -0.0800. The Bertz CT molecular complexity index is 224. The first-order valence-corrected chi connectivity index (χ1v) is 5.60. The second-order valence-corrected chi connectivity index (χ2v) is 5.51. The molecule has 0 radical (unpaired) electrons. The van der Waals surface area contributed by atoms with Crippen LogP contribution in [0.15, 0.2) is 0 Å². The quantitative estimate of drug-likeness (QED) is 0.693. The fourth-order valence-corrected chi connectivity index (χ4v) is 3.92. The lowest BCUT2D eigenvalue weighted by Crippen LogP contribution is -2.43. The van der Waals surface area contributed by atoms with E-state index in [1.807, 2.05) is 14.2 Å². The van der Waals surface area contributed by atoms with Crippen molar-refractivity contribution in [1.82, 2.24) is 0 Å². The second-order valence-electron chi connectivity index (χ2n) is 5.51. The van der Waals surface area contributed by atoms with Gasteiger partial charge in [0.25, 0.3) is 0 Å². The van der Waals surface area contributed by atoms with Crippen LogP contribution in [-0.4, -0.2) is 26.9 Å². The zero-order valence-electron chi connectivity index (χ0n) is 9.80. The molecule has 0 spiro atoms. The monoisotopic (exact) mass is 198 g/mol. The zero-order valence-corrected chi connectivity index (χ0v) is 9.80. The highest BCUT2D eigenvalue weighted by molar-refractivity contribution is 5.13. The van der Waals surface area contributed by atoms with Crippen molar-refractivity contribution in [2.75, 3.05) is 20.8 Å². The van der Waals surface area contributed by atoms with E-state index in [4.69, 9.17) is 9.47 Å². The standard InChI is InChI=1S/C12H22O2/c1-11(2)9-5-6-12(11,8-13-3)10(7-9)14-4/h9-10H,5-8H2,1-4H3/t9-,10-,12-/m1/s1. The summed E-state index contributed by atoms with van der Waals surface area (Å²) in [5.41, 5.74) is 0.671. The summed E-state index contributed by atoms with van der Waals surface area (Å²) in [5, 5.41) is 0. The maximum absolute atomic E-state index is 5.66. The Morgan fingerprint density at radius 2 is 2.00 bits per heavy atom. The number of hydrogen-bond donors (Lipinski definition) is 0. The number of hydrogen-bond acceptors (Lipinski definition) is 2. The molecule has 0 heterocycles. The summed E-state index contributed by atoms with van der Waals surface area (Å²) in [6.45, 7) is 5.64. The first kappa shape index (κ1) is 10.4. The molecule has 2 rings (SSSR count). The number of methoxy groups -OCH3 is 2. The van der Waals surface area contributed by atoms with Gasteiger partial charge in [-0.1, -0.05) is 13.8 Å². The predicted molar refractivity (Wildman–Crippen MR) is 56.2 cm³/mol. The maximum atomic E-state index is 5.66. The van der Waals surface area contributed by atoms with E-state index in [2.05, 4.69) is 13.8 Å². The van der Waals surface area contributed by atoms with Crippen molar-refractivity contribution < 1.29 is 9.47 Å². The Labute approximate surface area is 87.0 Å². The van der Waals surface area contributed by atoms with E-state index in [1.165, 1.54) is 19.3 Å². The highest BCUT2D eigenvalue weighted by Gasteiger charge is 2.64. The molecule has 2 fully saturated rings. The summed E-state index contributed by atoms with van der Waals surface area (Å²) in [6.07, 6.45) is 4.27. The summed E-state index contributed by atoms with van der Waals surface area (Å²) in [5.74, 6) is 0.836. The minimum absolute atomic E-state index is 0.279. The van der Waals surface area contributed by atoms with Gasteiger partial charge in [0, 0.05) is 19.6 Å². The van der Waals surface area contributed by atoms with E-state index in [9.17, 15) is 0 Å². The van der Waals surface area contributed by atoms with Crippen LogP contribution in [0.4, 0.5) is 0 Å². The van der Waals surface area contributed by atoms with Crippen LogP contribution in [0, 0.1) is 16.7 Å². The van der Waals surface area contributed by atoms with Crippen LogP contribution >= 0.6 is 0 Å². The van der Waals surface area contributed by atoms with Crippen LogP contribution in [0.5, 0.6) is 0 Å². The van der Waals surface area contributed by atoms with Gasteiger partial charge < -0.3 is 9.47 Å². The third-order valence-electron chi connectivity index (χ3n) is 5.04. The molecular formula is C12H22O2. The molecule has 0 aromatic rings. The van der Waals surface area contributed by atoms with Crippen LogP contribution in [0.3, 0.4) is 0 Å². The van der Waals surface area contributed by atoms with Crippen LogP contribution < -0.4 is 0 Å². The van der Waals surface area contributed by atoms with Crippen molar-refractivity contribution in [2.45, 2.75) is 39.2 Å². The van der Waals surface area contributed by atoms with Crippen LogP contribution in [0.25, 0.3) is 0 Å². The van der Waals surface area contributed by atoms with Gasteiger partial charge in [0.05, 0.1) is 12.7 Å². The molecule has 14 heavy (non-hydrogen) atoms. The molecule has 2 heteroatoms. The van der Waals surface area contributed by atoms with E-state index in [1.54, 1.807) is 0 Å². The van der Waals surface area contributed by atoms with Crippen molar-refractivity contribution in [3.05, 3.63) is 0 Å². The van der Waals surface area contributed by atoms with Crippen molar-refractivity contribution in [1.29, 1.82) is 0 Å². The number of fused-ring (bicyclic) bond motifs is 2. The van der Waals surface area contributed by atoms with Crippen LogP contribution in [0.2, 0.25) is 0 Å². The average Bonchev–Trinajstić information content (AvgIpc) is 2.51. The topological polar surface area (TPSA) is 18.5 Å². The van der Waals surface area contributed by atoms with E-state index < -0.39 is 0 Å². The third-order valence-corrected chi connectivity index (χ3v) is 5.04. The number of ether oxygens (including phenoxy) is 2. The summed E-state index contributed by atoms with van der Waals surface area (Å²) in [7, 11) is 3.65. The highest BCUT2D eigenvalue weighted by atomic mass is 16.5. The molecule has 0 N–H and O–H groups in total. The number of rotatable bonds is 3. The molecule has 2 aliphatic rings. The average molecular weight is 198 g/mol. The lowest BCUT2D eigenvalue weighted by Gasteiger charge is -2.41. The Morgan fingerprint density at radius 1 is 1.29 bits per heavy atom. The smallest absolute Gasteiger partial charge is 0.0657 e. The van der Waals surface area contributed by atoms with Crippen molar-refractivity contribution in [3.63, 3.8) is 0 Å². The Kier molecular flexibility index (Phi) is 2.39. The summed E-state index contributed by atoms with van der Waals surface area (Å²) in [6, 6.07) is 0. The van der Waals surface area contributed by atoms with Crippen molar-refractivity contribution in [2.24, 2.45) is 16.7 Å². The minimum Gasteiger partial charge on any atom is -0.384 e. The fraction of sp³-hybridized carbons (Fsp3) is 1.00. The van der Waals surface area contributed by atoms with Gasteiger partial charge in [-0.05, 0) is 30.6 Å². The van der Waals surface area contributed by atoms with Gasteiger partial charge in [0.1, 0.15) is 0 Å². The van der Waals surface area contributed by atoms with E-state index >= 15 is 0 Å². The normalized spacial score (nSPS) is 44.6. The molecule has 0 aromatic heterocycles. The van der Waals surface area contributed by atoms with Crippen LogP contribution in [0.1, 0.15) is 33.1 Å². The first-order valence-electron chi connectivity index (χ1n) is 5.60. The molecule has 2 aliphatic carbocycles.